The number of thioether (sulfide) groups is 1. The highest BCUT2D eigenvalue weighted by molar-refractivity contribution is 7.99. The summed E-state index contributed by atoms with van der Waals surface area (Å²) in [5.41, 5.74) is 4.07. The van der Waals surface area contributed by atoms with Crippen LogP contribution >= 0.6 is 23.4 Å². The summed E-state index contributed by atoms with van der Waals surface area (Å²) >= 11 is 7.37. The molecule has 0 bridgehead atoms. The molecular weight excluding hydrogens is 506 g/mol. The maximum Gasteiger partial charge on any atom is 0.225 e. The van der Waals surface area contributed by atoms with E-state index < -0.39 is 0 Å². The summed E-state index contributed by atoms with van der Waals surface area (Å²) in [7, 11) is 3.18. The maximum absolute atomic E-state index is 12.5. The van der Waals surface area contributed by atoms with E-state index in [1.54, 1.807) is 38.5 Å². The van der Waals surface area contributed by atoms with Crippen LogP contribution in [0, 0.1) is 11.3 Å². The zero-order valence-corrected chi connectivity index (χ0v) is 21.9. The molecule has 1 aromatic heterocycles. The number of aromatic nitrogens is 1. The van der Waals surface area contributed by atoms with Crippen LogP contribution in [-0.2, 0) is 4.79 Å². The number of hydrogen-bond donors (Lipinski definition) is 1. The molecule has 0 fully saturated rings. The van der Waals surface area contributed by atoms with Gasteiger partial charge in [-0.3, -0.25) is 4.79 Å². The highest BCUT2D eigenvalue weighted by Gasteiger charge is 2.19. The number of amides is 1. The Morgan fingerprint density at radius 2 is 1.81 bits per heavy atom. The van der Waals surface area contributed by atoms with E-state index in [2.05, 4.69) is 11.4 Å². The van der Waals surface area contributed by atoms with Crippen molar-refractivity contribution in [1.29, 1.82) is 5.26 Å². The number of halogens is 1. The van der Waals surface area contributed by atoms with Crippen molar-refractivity contribution >= 4 is 35.0 Å². The van der Waals surface area contributed by atoms with E-state index in [-0.39, 0.29) is 12.3 Å². The first-order chi connectivity index (χ1) is 18.0. The van der Waals surface area contributed by atoms with Crippen LogP contribution in [0.3, 0.4) is 0 Å². The van der Waals surface area contributed by atoms with Crippen LogP contribution in [0.15, 0.2) is 83.9 Å². The predicted octanol–water partition coefficient (Wildman–Crippen LogP) is 7.08. The van der Waals surface area contributed by atoms with Gasteiger partial charge in [0.25, 0.3) is 0 Å². The summed E-state index contributed by atoms with van der Waals surface area (Å²) in [4.78, 5) is 17.3. The third-order valence-electron chi connectivity index (χ3n) is 5.54. The molecule has 0 unspecified atom stereocenters. The van der Waals surface area contributed by atoms with Crippen LogP contribution in [0.2, 0.25) is 5.02 Å². The first kappa shape index (κ1) is 26.1. The molecule has 4 aromatic rings. The molecule has 0 saturated carbocycles. The monoisotopic (exact) mass is 529 g/mol. The molecule has 1 heterocycles. The second-order valence-electron chi connectivity index (χ2n) is 7.94. The summed E-state index contributed by atoms with van der Waals surface area (Å²) in [5.74, 6) is 1.53. The Morgan fingerprint density at radius 1 is 1.00 bits per heavy atom. The fourth-order valence-corrected chi connectivity index (χ4v) is 4.89. The lowest BCUT2D eigenvalue weighted by atomic mass is 9.98. The second kappa shape index (κ2) is 12.3. The minimum atomic E-state index is -0.151. The number of ether oxygens (including phenoxy) is 2. The van der Waals surface area contributed by atoms with Gasteiger partial charge in [-0.15, -0.1) is 11.8 Å². The number of methoxy groups -OCH3 is 2. The van der Waals surface area contributed by atoms with Crippen molar-refractivity contribution in [2.45, 2.75) is 11.4 Å². The predicted molar refractivity (Wildman–Crippen MR) is 148 cm³/mol. The normalized spacial score (nSPS) is 10.4. The first-order valence-electron chi connectivity index (χ1n) is 11.4. The largest absolute Gasteiger partial charge is 0.497 e. The smallest absolute Gasteiger partial charge is 0.225 e. The highest BCUT2D eigenvalue weighted by Crippen LogP contribution is 2.40. The standard InChI is InChI=1S/C29H24ClN3O3S/c1-35-22-11-12-27(36-2)24(16-22)23-17-26(19-7-4-3-5-8-19)33-29(25(23)18-31)37-14-13-28(34)32-21-10-6-9-20(30)15-21/h3-12,15-17H,13-14H2,1-2H3,(H,32,34). The summed E-state index contributed by atoms with van der Waals surface area (Å²) < 4.78 is 11.0. The van der Waals surface area contributed by atoms with Gasteiger partial charge in [0.15, 0.2) is 0 Å². The van der Waals surface area contributed by atoms with Gasteiger partial charge in [0.05, 0.1) is 25.5 Å². The van der Waals surface area contributed by atoms with Crippen molar-refractivity contribution in [2.75, 3.05) is 25.3 Å². The molecule has 3 aromatic carbocycles. The number of nitrogens with one attached hydrogen (secondary N) is 1. The molecular formula is C29H24ClN3O3S. The molecule has 186 valence electrons. The summed E-state index contributed by atoms with van der Waals surface area (Å²) in [5, 5.41) is 14.1. The molecule has 0 spiro atoms. The van der Waals surface area contributed by atoms with Crippen molar-refractivity contribution in [1.82, 2.24) is 4.98 Å². The van der Waals surface area contributed by atoms with Crippen molar-refractivity contribution in [3.05, 3.63) is 89.4 Å². The zero-order valence-electron chi connectivity index (χ0n) is 20.3. The molecule has 37 heavy (non-hydrogen) atoms. The number of carbonyl (C=O) groups excluding carboxylic acids is 1. The Bertz CT molecular complexity index is 1450. The number of hydrogen-bond acceptors (Lipinski definition) is 6. The molecule has 0 atom stereocenters. The van der Waals surface area contributed by atoms with Gasteiger partial charge >= 0.3 is 0 Å². The van der Waals surface area contributed by atoms with E-state index in [0.717, 1.165) is 11.1 Å². The molecule has 1 amide bonds. The minimum Gasteiger partial charge on any atom is -0.497 e. The summed E-state index contributed by atoms with van der Waals surface area (Å²) in [6.45, 7) is 0. The summed E-state index contributed by atoms with van der Waals surface area (Å²) in [6, 6.07) is 26.4. The number of pyridine rings is 1. The van der Waals surface area contributed by atoms with E-state index in [1.165, 1.54) is 11.8 Å². The van der Waals surface area contributed by atoms with Crippen LogP contribution in [0.4, 0.5) is 5.69 Å². The molecule has 0 aliphatic rings. The molecule has 1 N–H and O–H groups in total. The van der Waals surface area contributed by atoms with Gasteiger partial charge in [-0.25, -0.2) is 4.98 Å². The van der Waals surface area contributed by atoms with Gasteiger partial charge in [-0.2, -0.15) is 5.26 Å². The third kappa shape index (κ3) is 6.42. The number of nitriles is 1. The molecule has 0 saturated heterocycles. The lowest BCUT2D eigenvalue weighted by Crippen LogP contribution is -2.12. The lowest BCUT2D eigenvalue weighted by Gasteiger charge is -2.15. The Balaban J connectivity index is 1.68. The van der Waals surface area contributed by atoms with E-state index in [4.69, 9.17) is 26.1 Å². The fraction of sp³-hybridized carbons (Fsp3) is 0.138. The van der Waals surface area contributed by atoms with E-state index in [0.29, 0.717) is 49.8 Å². The van der Waals surface area contributed by atoms with Crippen LogP contribution in [0.5, 0.6) is 11.5 Å². The third-order valence-corrected chi connectivity index (χ3v) is 6.75. The Kier molecular flexibility index (Phi) is 8.68. The molecule has 8 heteroatoms. The van der Waals surface area contributed by atoms with Crippen LogP contribution in [0.1, 0.15) is 12.0 Å². The molecule has 4 rings (SSSR count). The topological polar surface area (TPSA) is 84.2 Å². The van der Waals surface area contributed by atoms with Crippen LogP contribution in [-0.4, -0.2) is 30.9 Å². The Hall–Kier alpha value is -3.99. The zero-order chi connectivity index (χ0) is 26.2. The van der Waals surface area contributed by atoms with Crippen molar-refractivity contribution < 1.29 is 14.3 Å². The first-order valence-corrected chi connectivity index (χ1v) is 12.8. The fourth-order valence-electron chi connectivity index (χ4n) is 3.76. The number of benzene rings is 3. The average Bonchev–Trinajstić information content (AvgIpc) is 2.92. The molecule has 0 aliphatic heterocycles. The average molecular weight is 530 g/mol. The van der Waals surface area contributed by atoms with Crippen molar-refractivity contribution in [3.63, 3.8) is 0 Å². The maximum atomic E-state index is 12.5. The van der Waals surface area contributed by atoms with E-state index in [1.807, 2.05) is 54.6 Å². The number of anilines is 1. The lowest BCUT2D eigenvalue weighted by molar-refractivity contribution is -0.115. The highest BCUT2D eigenvalue weighted by atomic mass is 35.5. The molecule has 6 nitrogen and oxygen atoms in total. The molecule has 0 radical (unpaired) electrons. The van der Waals surface area contributed by atoms with Gasteiger partial charge in [-0.05, 0) is 42.5 Å². The van der Waals surface area contributed by atoms with Gasteiger partial charge in [0, 0.05) is 39.6 Å². The quantitative estimate of drug-likeness (QED) is 0.233. The van der Waals surface area contributed by atoms with Crippen molar-refractivity contribution in [3.8, 4) is 40.0 Å². The summed E-state index contributed by atoms with van der Waals surface area (Å²) in [6.07, 6.45) is 0.233. The second-order valence-corrected chi connectivity index (χ2v) is 9.46. The van der Waals surface area contributed by atoms with E-state index >= 15 is 0 Å². The minimum absolute atomic E-state index is 0.151. The van der Waals surface area contributed by atoms with Gasteiger partial charge in [-0.1, -0.05) is 48.0 Å². The van der Waals surface area contributed by atoms with Gasteiger partial charge in [0.2, 0.25) is 5.91 Å². The SMILES string of the molecule is COc1ccc(OC)c(-c2cc(-c3ccccc3)nc(SCCC(=O)Nc3cccc(Cl)c3)c2C#N)c1. The van der Waals surface area contributed by atoms with Gasteiger partial charge in [0.1, 0.15) is 22.6 Å². The Morgan fingerprint density at radius 3 is 2.51 bits per heavy atom. The van der Waals surface area contributed by atoms with Crippen LogP contribution in [0.25, 0.3) is 22.4 Å². The number of carbonyl (C=O) groups is 1. The van der Waals surface area contributed by atoms with Gasteiger partial charge < -0.3 is 14.8 Å². The number of nitrogens with zero attached hydrogens (tertiary/aromatic N) is 2. The van der Waals surface area contributed by atoms with Crippen LogP contribution < -0.4 is 14.8 Å². The molecule has 0 aliphatic carbocycles. The number of rotatable bonds is 9. The van der Waals surface area contributed by atoms with E-state index in [9.17, 15) is 10.1 Å². The Labute approximate surface area is 225 Å². The van der Waals surface area contributed by atoms with Crippen molar-refractivity contribution in [2.24, 2.45) is 0 Å².